The monoisotopic (exact) mass is 426 g/mol. The van der Waals surface area contributed by atoms with Gasteiger partial charge in [-0.3, -0.25) is 9.36 Å². The number of hydrogen-bond donors (Lipinski definition) is 0. The second-order valence-corrected chi connectivity index (χ2v) is 8.86. The van der Waals surface area contributed by atoms with E-state index < -0.39 is 0 Å². The number of rotatable bonds is 7. The molecule has 142 valence electrons. The molecule has 0 N–H and O–H groups in total. The van der Waals surface area contributed by atoms with Crippen molar-refractivity contribution < 1.29 is 0 Å². The van der Waals surface area contributed by atoms with Gasteiger partial charge in [0.15, 0.2) is 5.16 Å². The van der Waals surface area contributed by atoms with Crippen molar-refractivity contribution >= 4 is 44.9 Å². The molecule has 0 unspecified atom stereocenters. The minimum atomic E-state index is 0.0520. The Hall–Kier alpha value is -2.08. The van der Waals surface area contributed by atoms with E-state index in [0.29, 0.717) is 6.54 Å². The number of thiophene rings is 1. The first kappa shape index (κ1) is 19.2. The molecule has 0 aliphatic heterocycles. The van der Waals surface area contributed by atoms with Crippen LogP contribution in [0.4, 0.5) is 0 Å². The number of hydrogen-bond acceptors (Lipinski definition) is 4. The van der Waals surface area contributed by atoms with E-state index in [1.165, 1.54) is 16.9 Å². The van der Waals surface area contributed by atoms with Crippen LogP contribution < -0.4 is 5.56 Å². The molecule has 2 aromatic carbocycles. The molecule has 0 fully saturated rings. The molecule has 0 bridgehead atoms. The summed E-state index contributed by atoms with van der Waals surface area (Å²) in [5, 5.41) is 3.45. The molecule has 3 nitrogen and oxygen atoms in total. The van der Waals surface area contributed by atoms with Gasteiger partial charge < -0.3 is 0 Å². The van der Waals surface area contributed by atoms with Gasteiger partial charge in [-0.2, -0.15) is 0 Å². The number of halogens is 1. The van der Waals surface area contributed by atoms with Gasteiger partial charge in [-0.05, 0) is 47.5 Å². The van der Waals surface area contributed by atoms with Gasteiger partial charge in [-0.1, -0.05) is 65.8 Å². The van der Waals surface area contributed by atoms with Crippen LogP contribution >= 0.6 is 34.7 Å². The Morgan fingerprint density at radius 3 is 2.50 bits per heavy atom. The summed E-state index contributed by atoms with van der Waals surface area (Å²) in [5.41, 5.74) is 3.29. The Kier molecular flexibility index (Phi) is 6.15. The van der Waals surface area contributed by atoms with Gasteiger partial charge in [0, 0.05) is 17.3 Å². The van der Waals surface area contributed by atoms with Crippen LogP contribution in [0, 0.1) is 0 Å². The van der Waals surface area contributed by atoms with E-state index in [4.69, 9.17) is 16.6 Å². The molecule has 0 radical (unpaired) electrons. The third-order valence-corrected chi connectivity index (χ3v) is 6.65. The van der Waals surface area contributed by atoms with Crippen LogP contribution in [-0.2, 0) is 19.4 Å². The van der Waals surface area contributed by atoms with Gasteiger partial charge in [-0.25, -0.2) is 4.98 Å². The molecule has 0 saturated carbocycles. The summed E-state index contributed by atoms with van der Waals surface area (Å²) in [6.45, 7) is 0.606. The topological polar surface area (TPSA) is 34.9 Å². The first-order valence-corrected chi connectivity index (χ1v) is 11.3. The molecule has 2 aromatic heterocycles. The molecule has 6 heteroatoms. The zero-order valence-electron chi connectivity index (χ0n) is 15.2. The van der Waals surface area contributed by atoms with Gasteiger partial charge in [0.05, 0.1) is 5.52 Å². The third kappa shape index (κ3) is 4.49. The van der Waals surface area contributed by atoms with Crippen molar-refractivity contribution in [3.63, 3.8) is 0 Å². The summed E-state index contributed by atoms with van der Waals surface area (Å²) in [7, 11) is 0. The van der Waals surface area contributed by atoms with E-state index in [9.17, 15) is 4.79 Å². The Balaban J connectivity index is 1.56. The first-order valence-electron chi connectivity index (χ1n) is 9.10. The molecule has 0 atom stereocenters. The van der Waals surface area contributed by atoms with Gasteiger partial charge in [0.1, 0.15) is 4.70 Å². The first-order chi connectivity index (χ1) is 13.7. The molecule has 2 heterocycles. The van der Waals surface area contributed by atoms with E-state index in [-0.39, 0.29) is 5.56 Å². The molecule has 0 aliphatic rings. The van der Waals surface area contributed by atoms with E-state index in [1.807, 2.05) is 46.3 Å². The number of benzene rings is 2. The van der Waals surface area contributed by atoms with Crippen molar-refractivity contribution in [3.8, 4) is 0 Å². The molecule has 4 aromatic rings. The predicted octanol–water partition coefficient (Wildman–Crippen LogP) is 5.69. The Morgan fingerprint density at radius 2 is 1.71 bits per heavy atom. The van der Waals surface area contributed by atoms with Crippen LogP contribution in [0.15, 0.2) is 76.0 Å². The molecule has 0 saturated heterocycles. The van der Waals surface area contributed by atoms with Crippen LogP contribution in [0.5, 0.6) is 0 Å². The Bertz CT molecular complexity index is 1120. The fourth-order valence-corrected chi connectivity index (χ4v) is 4.95. The fraction of sp³-hybridized carbons (Fsp3) is 0.182. The lowest BCUT2D eigenvalue weighted by Gasteiger charge is -2.12. The normalized spacial score (nSPS) is 11.2. The predicted molar refractivity (Wildman–Crippen MR) is 120 cm³/mol. The smallest absolute Gasteiger partial charge is 0.272 e. The van der Waals surface area contributed by atoms with Crippen LogP contribution in [-0.4, -0.2) is 15.3 Å². The van der Waals surface area contributed by atoms with Crippen LogP contribution in [0.3, 0.4) is 0 Å². The maximum atomic E-state index is 13.0. The van der Waals surface area contributed by atoms with Crippen molar-refractivity contribution in [1.29, 1.82) is 0 Å². The zero-order valence-corrected chi connectivity index (χ0v) is 17.6. The average Bonchev–Trinajstić information content (AvgIpc) is 3.19. The van der Waals surface area contributed by atoms with Crippen LogP contribution in [0.1, 0.15) is 11.1 Å². The standard InChI is InChI=1S/C22H19ClN2OS2/c23-18-8-6-17(7-9-18)10-13-25-21(26)20-19(12-15-27-20)24-22(25)28-14-11-16-4-2-1-3-5-16/h1-9,12,15H,10-11,13-14H2. The van der Waals surface area contributed by atoms with Crippen molar-refractivity contribution in [2.75, 3.05) is 5.75 Å². The quantitative estimate of drug-likeness (QED) is 0.281. The highest BCUT2D eigenvalue weighted by Gasteiger charge is 2.13. The summed E-state index contributed by atoms with van der Waals surface area (Å²) < 4.78 is 2.55. The summed E-state index contributed by atoms with van der Waals surface area (Å²) in [6, 6.07) is 20.1. The highest BCUT2D eigenvalue weighted by Crippen LogP contribution is 2.22. The molecule has 0 amide bonds. The van der Waals surface area contributed by atoms with Gasteiger partial charge in [-0.15, -0.1) is 11.3 Å². The van der Waals surface area contributed by atoms with Gasteiger partial charge >= 0.3 is 0 Å². The van der Waals surface area contributed by atoms with Crippen LogP contribution in [0.2, 0.25) is 5.02 Å². The highest BCUT2D eigenvalue weighted by molar-refractivity contribution is 7.99. The highest BCUT2D eigenvalue weighted by atomic mass is 35.5. The Morgan fingerprint density at radius 1 is 0.964 bits per heavy atom. The molecule has 28 heavy (non-hydrogen) atoms. The van der Waals surface area contributed by atoms with Crippen LogP contribution in [0.25, 0.3) is 10.2 Å². The second kappa shape index (κ2) is 8.95. The number of aryl methyl sites for hydroxylation is 2. The van der Waals surface area contributed by atoms with Crippen molar-refractivity contribution in [3.05, 3.63) is 92.5 Å². The zero-order chi connectivity index (χ0) is 19.3. The lowest BCUT2D eigenvalue weighted by Crippen LogP contribution is -2.23. The number of nitrogens with zero attached hydrogens (tertiary/aromatic N) is 2. The molecular formula is C22H19ClN2OS2. The van der Waals surface area contributed by atoms with E-state index >= 15 is 0 Å². The van der Waals surface area contributed by atoms with E-state index in [2.05, 4.69) is 24.3 Å². The third-order valence-electron chi connectivity index (χ3n) is 4.53. The van der Waals surface area contributed by atoms with Crippen molar-refractivity contribution in [2.24, 2.45) is 0 Å². The second-order valence-electron chi connectivity index (χ2n) is 6.45. The SMILES string of the molecule is O=c1c2sccc2nc(SCCc2ccccc2)n1CCc1ccc(Cl)cc1. The maximum Gasteiger partial charge on any atom is 0.272 e. The summed E-state index contributed by atoms with van der Waals surface area (Å²) in [6.07, 6.45) is 1.71. The molecule has 0 aliphatic carbocycles. The van der Waals surface area contributed by atoms with E-state index in [0.717, 1.165) is 44.6 Å². The summed E-state index contributed by atoms with van der Waals surface area (Å²) >= 11 is 9.08. The summed E-state index contributed by atoms with van der Waals surface area (Å²) in [4.78, 5) is 17.8. The van der Waals surface area contributed by atoms with E-state index in [1.54, 1.807) is 11.8 Å². The molecule has 4 rings (SSSR count). The minimum absolute atomic E-state index is 0.0520. The number of aromatic nitrogens is 2. The fourth-order valence-electron chi connectivity index (χ4n) is 3.03. The maximum absolute atomic E-state index is 13.0. The van der Waals surface area contributed by atoms with Gasteiger partial charge in [0.2, 0.25) is 0 Å². The summed E-state index contributed by atoms with van der Waals surface area (Å²) in [5.74, 6) is 0.882. The Labute approximate surface area is 177 Å². The molecule has 0 spiro atoms. The van der Waals surface area contributed by atoms with Gasteiger partial charge in [0.25, 0.3) is 5.56 Å². The lowest BCUT2D eigenvalue weighted by atomic mass is 10.1. The molecular weight excluding hydrogens is 408 g/mol. The minimum Gasteiger partial charge on any atom is -0.286 e. The lowest BCUT2D eigenvalue weighted by molar-refractivity contribution is 0.596. The average molecular weight is 427 g/mol. The number of thioether (sulfide) groups is 1. The largest absolute Gasteiger partial charge is 0.286 e. The van der Waals surface area contributed by atoms with Crippen molar-refractivity contribution in [1.82, 2.24) is 9.55 Å². The van der Waals surface area contributed by atoms with Crippen molar-refractivity contribution in [2.45, 2.75) is 24.5 Å². The number of fused-ring (bicyclic) bond motifs is 1.